The van der Waals surface area contributed by atoms with Crippen molar-refractivity contribution in [3.8, 4) is 6.07 Å². The van der Waals surface area contributed by atoms with Crippen molar-refractivity contribution in [2.45, 2.75) is 6.54 Å². The third-order valence-corrected chi connectivity index (χ3v) is 5.51. The van der Waals surface area contributed by atoms with Crippen molar-refractivity contribution in [2.75, 3.05) is 10.6 Å². The highest BCUT2D eigenvalue weighted by atomic mass is 79.9. The molecule has 3 aromatic rings. The number of benzene rings is 2. The summed E-state index contributed by atoms with van der Waals surface area (Å²) in [6.45, 7) is -0.0888. The van der Waals surface area contributed by atoms with Crippen molar-refractivity contribution in [1.29, 1.82) is 5.26 Å². The summed E-state index contributed by atoms with van der Waals surface area (Å²) in [5.74, 6) is -1.86. The number of carbonyl (C=O) groups is 3. The number of nitrogens with one attached hydrogen (secondary N) is 3. The lowest BCUT2D eigenvalue weighted by Crippen LogP contribution is -2.34. The third-order valence-electron chi connectivity index (χ3n) is 4.24. The molecule has 34 heavy (non-hydrogen) atoms. The molecular formula is C23H15BrCl2N4O4. The second-order valence-corrected chi connectivity index (χ2v) is 8.43. The van der Waals surface area contributed by atoms with E-state index in [-0.39, 0.29) is 22.9 Å². The van der Waals surface area contributed by atoms with Gasteiger partial charge in [-0.25, -0.2) is 0 Å². The number of halogens is 3. The molecule has 0 aliphatic heterocycles. The molecule has 3 amide bonds. The molecular weight excluding hydrogens is 547 g/mol. The van der Waals surface area contributed by atoms with Crippen LogP contribution in [-0.4, -0.2) is 17.7 Å². The zero-order valence-corrected chi connectivity index (χ0v) is 20.3. The van der Waals surface area contributed by atoms with Gasteiger partial charge in [0.15, 0.2) is 0 Å². The van der Waals surface area contributed by atoms with Gasteiger partial charge in [-0.05, 0) is 54.6 Å². The summed E-state index contributed by atoms with van der Waals surface area (Å²) >= 11 is 15.0. The summed E-state index contributed by atoms with van der Waals surface area (Å²) in [6, 6.07) is 16.2. The molecule has 1 aromatic heterocycles. The molecule has 172 valence electrons. The molecule has 0 unspecified atom stereocenters. The van der Waals surface area contributed by atoms with E-state index in [1.807, 2.05) is 6.07 Å². The van der Waals surface area contributed by atoms with Crippen molar-refractivity contribution in [3.05, 3.63) is 86.2 Å². The van der Waals surface area contributed by atoms with Gasteiger partial charge in [-0.2, -0.15) is 5.26 Å². The standard InChI is InChI=1S/C23H15BrCl2N4O4/c24-14-1-3-15(4-2-14)29-21(31)13(11-27)9-17-6-7-18(34-17)12-28-22(32)23(33)30-16-5-8-19(25)20(26)10-16/h1-10H,12H2,(H,28,32)(H,29,31)(H,30,33)/b13-9-. The fourth-order valence-electron chi connectivity index (χ4n) is 2.60. The summed E-state index contributed by atoms with van der Waals surface area (Å²) in [5.41, 5.74) is 0.663. The molecule has 0 bridgehead atoms. The van der Waals surface area contributed by atoms with Crippen molar-refractivity contribution >= 4 is 74.3 Å². The number of nitriles is 1. The van der Waals surface area contributed by atoms with Crippen LogP contribution in [0.3, 0.4) is 0 Å². The molecule has 3 rings (SSSR count). The Kier molecular flexibility index (Phi) is 8.49. The summed E-state index contributed by atoms with van der Waals surface area (Å²) in [4.78, 5) is 36.4. The van der Waals surface area contributed by atoms with E-state index in [9.17, 15) is 19.6 Å². The Hall–Kier alpha value is -3.58. The number of hydrogen-bond acceptors (Lipinski definition) is 5. The average Bonchev–Trinajstić information content (AvgIpc) is 3.27. The Morgan fingerprint density at radius 2 is 1.59 bits per heavy atom. The van der Waals surface area contributed by atoms with Gasteiger partial charge in [-0.1, -0.05) is 39.1 Å². The van der Waals surface area contributed by atoms with Gasteiger partial charge < -0.3 is 20.4 Å². The first-order chi connectivity index (χ1) is 16.2. The van der Waals surface area contributed by atoms with E-state index in [2.05, 4.69) is 31.9 Å². The van der Waals surface area contributed by atoms with E-state index in [0.29, 0.717) is 22.2 Å². The molecule has 0 spiro atoms. The molecule has 0 atom stereocenters. The van der Waals surface area contributed by atoms with Crippen molar-refractivity contribution in [2.24, 2.45) is 0 Å². The first-order valence-corrected chi connectivity index (χ1v) is 11.1. The zero-order valence-electron chi connectivity index (χ0n) is 17.2. The lowest BCUT2D eigenvalue weighted by Gasteiger charge is -2.06. The summed E-state index contributed by atoms with van der Waals surface area (Å²) < 4.78 is 6.37. The predicted octanol–water partition coefficient (Wildman–Crippen LogP) is 5.15. The van der Waals surface area contributed by atoms with Crippen molar-refractivity contribution < 1.29 is 18.8 Å². The van der Waals surface area contributed by atoms with Gasteiger partial charge >= 0.3 is 11.8 Å². The molecule has 0 aliphatic carbocycles. The lowest BCUT2D eigenvalue weighted by molar-refractivity contribution is -0.136. The van der Waals surface area contributed by atoms with Crippen LogP contribution in [0, 0.1) is 11.3 Å². The van der Waals surface area contributed by atoms with Crippen LogP contribution in [0.1, 0.15) is 11.5 Å². The van der Waals surface area contributed by atoms with Gasteiger partial charge in [0, 0.05) is 21.9 Å². The zero-order chi connectivity index (χ0) is 24.7. The summed E-state index contributed by atoms with van der Waals surface area (Å²) in [6.07, 6.45) is 1.27. The maximum absolute atomic E-state index is 12.3. The van der Waals surface area contributed by atoms with Crippen LogP contribution >= 0.6 is 39.1 Å². The smallest absolute Gasteiger partial charge is 0.313 e. The normalized spacial score (nSPS) is 10.8. The number of rotatable bonds is 6. The molecule has 0 aliphatic rings. The predicted molar refractivity (Wildman–Crippen MR) is 132 cm³/mol. The van der Waals surface area contributed by atoms with Crippen LogP contribution in [0.25, 0.3) is 6.08 Å². The van der Waals surface area contributed by atoms with E-state index in [4.69, 9.17) is 27.6 Å². The van der Waals surface area contributed by atoms with Gasteiger partial charge in [0.2, 0.25) is 0 Å². The SMILES string of the molecule is N#C/C(=C/c1ccc(CNC(=O)C(=O)Nc2ccc(Cl)c(Cl)c2)o1)C(=O)Nc1ccc(Br)cc1. The summed E-state index contributed by atoms with van der Waals surface area (Å²) in [5, 5.41) is 17.3. The Balaban J connectivity index is 1.56. The van der Waals surface area contributed by atoms with Crippen molar-refractivity contribution in [3.63, 3.8) is 0 Å². The van der Waals surface area contributed by atoms with Gasteiger partial charge in [0.05, 0.1) is 16.6 Å². The molecule has 2 aromatic carbocycles. The highest BCUT2D eigenvalue weighted by Crippen LogP contribution is 2.25. The van der Waals surface area contributed by atoms with Crippen LogP contribution < -0.4 is 16.0 Å². The number of furan rings is 1. The lowest BCUT2D eigenvalue weighted by atomic mass is 10.2. The first-order valence-electron chi connectivity index (χ1n) is 9.57. The second-order valence-electron chi connectivity index (χ2n) is 6.70. The summed E-state index contributed by atoms with van der Waals surface area (Å²) in [7, 11) is 0. The molecule has 0 saturated carbocycles. The van der Waals surface area contributed by atoms with E-state index in [1.165, 1.54) is 30.3 Å². The van der Waals surface area contributed by atoms with Crippen LogP contribution in [-0.2, 0) is 20.9 Å². The highest BCUT2D eigenvalue weighted by Gasteiger charge is 2.15. The second kappa shape index (κ2) is 11.5. The van der Waals surface area contributed by atoms with Crippen LogP contribution in [0.4, 0.5) is 11.4 Å². The Labute approximate surface area is 212 Å². The van der Waals surface area contributed by atoms with E-state index in [1.54, 1.807) is 30.3 Å². The number of hydrogen-bond donors (Lipinski definition) is 3. The minimum Gasteiger partial charge on any atom is -0.460 e. The number of carbonyl (C=O) groups excluding carboxylic acids is 3. The maximum Gasteiger partial charge on any atom is 0.313 e. The minimum absolute atomic E-state index is 0.0888. The van der Waals surface area contributed by atoms with E-state index < -0.39 is 17.7 Å². The van der Waals surface area contributed by atoms with Crippen LogP contribution in [0.2, 0.25) is 10.0 Å². The molecule has 0 saturated heterocycles. The molecule has 8 nitrogen and oxygen atoms in total. The van der Waals surface area contributed by atoms with E-state index >= 15 is 0 Å². The Morgan fingerprint density at radius 1 is 0.912 bits per heavy atom. The molecule has 0 radical (unpaired) electrons. The number of amides is 3. The quantitative estimate of drug-likeness (QED) is 0.218. The number of nitrogens with zero attached hydrogens (tertiary/aromatic N) is 1. The average molecular weight is 562 g/mol. The largest absolute Gasteiger partial charge is 0.460 e. The fourth-order valence-corrected chi connectivity index (χ4v) is 3.16. The van der Waals surface area contributed by atoms with Crippen LogP contribution in [0.15, 0.2) is 69.1 Å². The van der Waals surface area contributed by atoms with E-state index in [0.717, 1.165) is 4.47 Å². The highest BCUT2D eigenvalue weighted by molar-refractivity contribution is 9.10. The molecule has 0 fully saturated rings. The molecule has 3 N–H and O–H groups in total. The van der Waals surface area contributed by atoms with Crippen molar-refractivity contribution in [1.82, 2.24) is 5.32 Å². The third kappa shape index (κ3) is 6.96. The topological polar surface area (TPSA) is 124 Å². The maximum atomic E-state index is 12.3. The minimum atomic E-state index is -0.901. The Bertz CT molecular complexity index is 1310. The van der Waals surface area contributed by atoms with Gasteiger partial charge in [0.25, 0.3) is 5.91 Å². The van der Waals surface area contributed by atoms with Gasteiger partial charge in [-0.15, -0.1) is 0 Å². The van der Waals surface area contributed by atoms with Gasteiger partial charge in [0.1, 0.15) is 23.2 Å². The number of anilines is 2. The monoisotopic (exact) mass is 560 g/mol. The fraction of sp³-hybridized carbons (Fsp3) is 0.0435. The Morgan fingerprint density at radius 3 is 2.26 bits per heavy atom. The van der Waals surface area contributed by atoms with Crippen LogP contribution in [0.5, 0.6) is 0 Å². The molecule has 1 heterocycles. The molecule has 11 heteroatoms. The van der Waals surface area contributed by atoms with Gasteiger partial charge in [-0.3, -0.25) is 14.4 Å². The first kappa shape index (κ1) is 25.1.